The second-order valence-electron chi connectivity index (χ2n) is 7.40. The molecule has 1 aliphatic heterocycles. The zero-order valence-corrected chi connectivity index (χ0v) is 16.7. The largest absolute Gasteiger partial charge is 0.416 e. The highest BCUT2D eigenvalue weighted by Gasteiger charge is 2.30. The molecule has 2 aromatic rings. The van der Waals surface area contributed by atoms with Crippen LogP contribution in [0.5, 0.6) is 0 Å². The molecule has 1 heterocycles. The van der Waals surface area contributed by atoms with Crippen molar-refractivity contribution < 1.29 is 22.8 Å². The maximum absolute atomic E-state index is 12.6. The summed E-state index contributed by atoms with van der Waals surface area (Å²) in [6.07, 6.45) is -4.33. The molecule has 2 amide bonds. The Hall–Kier alpha value is -2.87. The van der Waals surface area contributed by atoms with Crippen LogP contribution in [0, 0.1) is 6.92 Å². The number of nitrogens with zero attached hydrogens (tertiary/aromatic N) is 2. The first kappa shape index (κ1) is 21.8. The second-order valence-corrected chi connectivity index (χ2v) is 7.40. The number of hydrogen-bond acceptors (Lipinski definition) is 3. The Morgan fingerprint density at radius 3 is 2.27 bits per heavy atom. The van der Waals surface area contributed by atoms with Gasteiger partial charge < -0.3 is 10.2 Å². The molecule has 0 aromatic heterocycles. The third-order valence-corrected chi connectivity index (χ3v) is 5.09. The van der Waals surface area contributed by atoms with Gasteiger partial charge in [-0.3, -0.25) is 14.5 Å². The van der Waals surface area contributed by atoms with Gasteiger partial charge in [-0.1, -0.05) is 29.8 Å². The van der Waals surface area contributed by atoms with E-state index >= 15 is 0 Å². The lowest BCUT2D eigenvalue weighted by atomic mass is 10.1. The molecule has 3 rings (SSSR count). The average molecular weight is 419 g/mol. The van der Waals surface area contributed by atoms with Crippen LogP contribution in [0.4, 0.5) is 13.2 Å². The first-order valence-electron chi connectivity index (χ1n) is 9.73. The summed E-state index contributed by atoms with van der Waals surface area (Å²) in [5.41, 5.74) is 1.63. The molecular weight excluding hydrogens is 395 g/mol. The van der Waals surface area contributed by atoms with Crippen LogP contribution in [0.25, 0.3) is 0 Å². The smallest absolute Gasteiger partial charge is 0.343 e. The highest BCUT2D eigenvalue weighted by Crippen LogP contribution is 2.29. The van der Waals surface area contributed by atoms with Crippen molar-refractivity contribution in [2.24, 2.45) is 0 Å². The first-order chi connectivity index (χ1) is 14.2. The van der Waals surface area contributed by atoms with Crippen LogP contribution in [0.15, 0.2) is 48.5 Å². The number of aryl methyl sites for hydroxylation is 1. The van der Waals surface area contributed by atoms with Crippen molar-refractivity contribution in [2.75, 3.05) is 32.7 Å². The Bertz CT molecular complexity index is 889. The Labute approximate surface area is 173 Å². The number of alkyl halides is 3. The number of amides is 2. The quantitative estimate of drug-likeness (QED) is 0.811. The van der Waals surface area contributed by atoms with Gasteiger partial charge >= 0.3 is 6.18 Å². The van der Waals surface area contributed by atoms with E-state index < -0.39 is 11.7 Å². The molecule has 0 aliphatic carbocycles. The van der Waals surface area contributed by atoms with Crippen molar-refractivity contribution in [3.8, 4) is 0 Å². The second kappa shape index (κ2) is 9.30. The molecule has 1 fully saturated rings. The molecule has 160 valence electrons. The topological polar surface area (TPSA) is 52.7 Å². The van der Waals surface area contributed by atoms with Crippen molar-refractivity contribution in [1.29, 1.82) is 0 Å². The molecule has 8 heteroatoms. The Morgan fingerprint density at radius 1 is 1.00 bits per heavy atom. The summed E-state index contributed by atoms with van der Waals surface area (Å²) >= 11 is 0. The summed E-state index contributed by atoms with van der Waals surface area (Å²) in [4.78, 5) is 28.3. The number of hydrogen-bond donors (Lipinski definition) is 1. The third kappa shape index (κ3) is 5.82. The number of halogens is 3. The van der Waals surface area contributed by atoms with Crippen molar-refractivity contribution in [3.05, 3.63) is 70.8 Å². The zero-order chi connectivity index (χ0) is 21.7. The number of rotatable bonds is 5. The average Bonchev–Trinajstić information content (AvgIpc) is 2.72. The number of nitrogens with one attached hydrogen (secondary N) is 1. The van der Waals surface area contributed by atoms with Gasteiger partial charge in [0.25, 0.3) is 5.91 Å². The minimum Gasteiger partial charge on any atom is -0.343 e. The van der Waals surface area contributed by atoms with E-state index in [1.165, 1.54) is 12.1 Å². The Morgan fingerprint density at radius 2 is 1.67 bits per heavy atom. The Kier molecular flexibility index (Phi) is 6.77. The molecule has 5 nitrogen and oxygen atoms in total. The van der Waals surface area contributed by atoms with E-state index in [9.17, 15) is 22.8 Å². The zero-order valence-electron chi connectivity index (χ0n) is 16.7. The van der Waals surface area contributed by atoms with Crippen LogP contribution >= 0.6 is 0 Å². The van der Waals surface area contributed by atoms with Gasteiger partial charge in [0.15, 0.2) is 0 Å². The number of benzene rings is 2. The van der Waals surface area contributed by atoms with Gasteiger partial charge in [-0.2, -0.15) is 13.2 Å². The van der Waals surface area contributed by atoms with Gasteiger partial charge in [0, 0.05) is 38.3 Å². The van der Waals surface area contributed by atoms with Crippen LogP contribution in [0.1, 0.15) is 27.0 Å². The van der Waals surface area contributed by atoms with Crippen molar-refractivity contribution in [3.63, 3.8) is 0 Å². The van der Waals surface area contributed by atoms with Crippen LogP contribution in [-0.2, 0) is 17.5 Å². The predicted octanol–water partition coefficient (Wildman–Crippen LogP) is 3.09. The monoisotopic (exact) mass is 419 g/mol. The SMILES string of the molecule is Cc1cccc(C(=O)NCC(=O)N2CCN(Cc3ccc(C(F)(F)F)cc3)CC2)c1. The van der Waals surface area contributed by atoms with E-state index in [0.29, 0.717) is 38.3 Å². The number of carbonyl (C=O) groups is 2. The molecule has 1 N–H and O–H groups in total. The molecule has 2 aromatic carbocycles. The molecule has 1 aliphatic rings. The van der Waals surface area contributed by atoms with E-state index in [1.807, 2.05) is 13.0 Å². The summed E-state index contributed by atoms with van der Waals surface area (Å²) < 4.78 is 37.9. The lowest BCUT2D eigenvalue weighted by molar-refractivity contribution is -0.137. The van der Waals surface area contributed by atoms with E-state index in [-0.39, 0.29) is 18.4 Å². The highest BCUT2D eigenvalue weighted by molar-refractivity contribution is 5.96. The van der Waals surface area contributed by atoms with Gasteiger partial charge in [-0.15, -0.1) is 0 Å². The lowest BCUT2D eigenvalue weighted by Gasteiger charge is -2.34. The minimum absolute atomic E-state index is 0.0638. The van der Waals surface area contributed by atoms with Gasteiger partial charge in [-0.05, 0) is 36.8 Å². The summed E-state index contributed by atoms with van der Waals surface area (Å²) in [7, 11) is 0. The van der Waals surface area contributed by atoms with Crippen LogP contribution in [0.3, 0.4) is 0 Å². The molecule has 0 bridgehead atoms. The number of carbonyl (C=O) groups excluding carboxylic acids is 2. The highest BCUT2D eigenvalue weighted by atomic mass is 19.4. The normalized spacial score (nSPS) is 15.1. The van der Waals surface area contributed by atoms with Gasteiger partial charge in [-0.25, -0.2) is 0 Å². The first-order valence-corrected chi connectivity index (χ1v) is 9.73. The lowest BCUT2D eigenvalue weighted by Crippen LogP contribution is -2.50. The van der Waals surface area contributed by atoms with Gasteiger partial charge in [0.05, 0.1) is 12.1 Å². The molecule has 30 heavy (non-hydrogen) atoms. The van der Waals surface area contributed by atoms with Crippen LogP contribution in [-0.4, -0.2) is 54.3 Å². The predicted molar refractivity (Wildman–Crippen MR) is 107 cm³/mol. The fourth-order valence-electron chi connectivity index (χ4n) is 3.37. The maximum Gasteiger partial charge on any atom is 0.416 e. The summed E-state index contributed by atoms with van der Waals surface area (Å²) in [6.45, 7) is 4.64. The molecule has 0 spiro atoms. The van der Waals surface area contributed by atoms with Gasteiger partial charge in [0.2, 0.25) is 5.91 Å². The molecule has 0 radical (unpaired) electrons. The summed E-state index contributed by atoms with van der Waals surface area (Å²) in [5, 5.41) is 2.66. The van der Waals surface area contributed by atoms with Crippen LogP contribution in [0.2, 0.25) is 0 Å². The summed E-state index contributed by atoms with van der Waals surface area (Å²) in [6, 6.07) is 12.3. The molecule has 0 atom stereocenters. The number of piperazine rings is 1. The van der Waals surface area contributed by atoms with Gasteiger partial charge in [0.1, 0.15) is 0 Å². The molecule has 0 saturated carbocycles. The van der Waals surface area contributed by atoms with E-state index in [1.54, 1.807) is 23.1 Å². The maximum atomic E-state index is 12.6. The molecule has 1 saturated heterocycles. The Balaban J connectivity index is 1.43. The third-order valence-electron chi connectivity index (χ3n) is 5.09. The summed E-state index contributed by atoms with van der Waals surface area (Å²) in [5.74, 6) is -0.432. The fourth-order valence-corrected chi connectivity index (χ4v) is 3.37. The minimum atomic E-state index is -4.33. The molecular formula is C22H24F3N3O2. The van der Waals surface area contributed by atoms with E-state index in [0.717, 1.165) is 23.3 Å². The molecule has 0 unspecified atom stereocenters. The fraction of sp³-hybridized carbons (Fsp3) is 0.364. The van der Waals surface area contributed by atoms with E-state index in [4.69, 9.17) is 0 Å². The van der Waals surface area contributed by atoms with Crippen molar-refractivity contribution >= 4 is 11.8 Å². The van der Waals surface area contributed by atoms with Crippen LogP contribution < -0.4 is 5.32 Å². The van der Waals surface area contributed by atoms with Crippen molar-refractivity contribution in [1.82, 2.24) is 15.1 Å². The van der Waals surface area contributed by atoms with Crippen molar-refractivity contribution in [2.45, 2.75) is 19.6 Å². The van der Waals surface area contributed by atoms with E-state index in [2.05, 4.69) is 10.2 Å². The standard InChI is InChI=1S/C22H24F3N3O2/c1-16-3-2-4-18(13-16)21(30)26-14-20(29)28-11-9-27(10-12-28)15-17-5-7-19(8-6-17)22(23,24)25/h2-8,13H,9-12,14-15H2,1H3,(H,26,30).